The summed E-state index contributed by atoms with van der Waals surface area (Å²) in [6.45, 7) is 6.01. The van der Waals surface area contributed by atoms with E-state index in [-0.39, 0.29) is 11.6 Å². The van der Waals surface area contributed by atoms with E-state index in [1.807, 2.05) is 13.8 Å². The van der Waals surface area contributed by atoms with Crippen LogP contribution < -0.4 is 0 Å². The van der Waals surface area contributed by atoms with Crippen molar-refractivity contribution in [1.29, 1.82) is 0 Å². The lowest BCUT2D eigenvalue weighted by molar-refractivity contribution is 0.0423. The Morgan fingerprint density at radius 3 is 2.65 bits per heavy atom. The quantitative estimate of drug-likeness (QED) is 0.709. The van der Waals surface area contributed by atoms with Crippen molar-refractivity contribution in [2.45, 2.75) is 39.7 Å². The maximum Gasteiger partial charge on any atom is 0.191 e. The van der Waals surface area contributed by atoms with E-state index < -0.39 is 6.10 Å². The number of carbonyl (C=O) groups is 1. The zero-order valence-electron chi connectivity index (χ0n) is 10.6. The number of ether oxygens (including phenoxy) is 1. The second kappa shape index (κ2) is 6.50. The lowest BCUT2D eigenvalue weighted by Gasteiger charge is -2.15. The molecule has 0 aromatic heterocycles. The Morgan fingerprint density at radius 1 is 1.41 bits per heavy atom. The van der Waals surface area contributed by atoms with Crippen molar-refractivity contribution in [2.75, 3.05) is 6.61 Å². The van der Waals surface area contributed by atoms with Gasteiger partial charge in [-0.25, -0.2) is 4.39 Å². The van der Waals surface area contributed by atoms with Crippen LogP contribution in [0.25, 0.3) is 0 Å². The second-order valence-corrected chi connectivity index (χ2v) is 4.06. The van der Waals surface area contributed by atoms with Crippen molar-refractivity contribution in [3.8, 4) is 0 Å². The number of aryl methyl sites for hydroxylation is 1. The summed E-state index contributed by atoms with van der Waals surface area (Å²) in [5.74, 6) is -0.477. The molecule has 1 unspecified atom stereocenters. The molecule has 0 aliphatic rings. The molecule has 0 amide bonds. The number of Topliss-reactive ketones (excluding diaryl/α,β-unsaturated/α-hetero) is 1. The predicted octanol–water partition coefficient (Wildman–Crippen LogP) is 3.52. The average molecular weight is 238 g/mol. The average Bonchev–Trinajstić information content (AvgIpc) is 2.31. The monoisotopic (exact) mass is 238 g/mol. The number of ketones is 1. The van der Waals surface area contributed by atoms with E-state index in [4.69, 9.17) is 4.74 Å². The van der Waals surface area contributed by atoms with Crippen LogP contribution in [0.4, 0.5) is 4.39 Å². The molecule has 0 bridgehead atoms. The van der Waals surface area contributed by atoms with Crippen LogP contribution in [0.5, 0.6) is 0 Å². The molecule has 1 aromatic rings. The van der Waals surface area contributed by atoms with E-state index >= 15 is 0 Å². The summed E-state index contributed by atoms with van der Waals surface area (Å²) in [5, 5.41) is 0. The maximum absolute atomic E-state index is 13.4. The van der Waals surface area contributed by atoms with Gasteiger partial charge in [-0.3, -0.25) is 4.79 Å². The first-order valence-electron chi connectivity index (χ1n) is 6.02. The number of benzene rings is 1. The van der Waals surface area contributed by atoms with Gasteiger partial charge in [0.1, 0.15) is 11.9 Å². The Labute approximate surface area is 102 Å². The standard InChI is InChI=1S/C14H19FO2/c1-4-6-13(17-5-2)14(16)11-8-7-10(3)12(15)9-11/h7-9,13H,4-6H2,1-3H3. The first-order valence-corrected chi connectivity index (χ1v) is 6.02. The Balaban J connectivity index is 2.88. The van der Waals surface area contributed by atoms with Crippen LogP contribution in [-0.4, -0.2) is 18.5 Å². The maximum atomic E-state index is 13.4. The largest absolute Gasteiger partial charge is 0.370 e. The van der Waals surface area contributed by atoms with Gasteiger partial charge >= 0.3 is 0 Å². The van der Waals surface area contributed by atoms with Crippen LogP contribution in [0.15, 0.2) is 18.2 Å². The predicted molar refractivity (Wildman–Crippen MR) is 65.8 cm³/mol. The van der Waals surface area contributed by atoms with Gasteiger partial charge < -0.3 is 4.74 Å². The number of carbonyl (C=O) groups excluding carboxylic acids is 1. The van der Waals surface area contributed by atoms with Gasteiger partial charge in [0.2, 0.25) is 0 Å². The molecular weight excluding hydrogens is 219 g/mol. The first kappa shape index (κ1) is 13.8. The molecule has 1 aromatic carbocycles. The summed E-state index contributed by atoms with van der Waals surface area (Å²) < 4.78 is 18.8. The first-order chi connectivity index (χ1) is 8.10. The molecule has 1 rings (SSSR count). The van der Waals surface area contributed by atoms with Gasteiger partial charge in [-0.1, -0.05) is 25.5 Å². The van der Waals surface area contributed by atoms with Crippen molar-refractivity contribution in [1.82, 2.24) is 0 Å². The minimum absolute atomic E-state index is 0.132. The van der Waals surface area contributed by atoms with Gasteiger partial charge in [-0.15, -0.1) is 0 Å². The van der Waals surface area contributed by atoms with Gasteiger partial charge in [0, 0.05) is 12.2 Å². The topological polar surface area (TPSA) is 26.3 Å². The molecule has 2 nitrogen and oxygen atoms in total. The summed E-state index contributed by atoms with van der Waals surface area (Å²) >= 11 is 0. The highest BCUT2D eigenvalue weighted by Gasteiger charge is 2.20. The highest BCUT2D eigenvalue weighted by molar-refractivity contribution is 5.99. The van der Waals surface area contributed by atoms with Gasteiger partial charge in [-0.2, -0.15) is 0 Å². The van der Waals surface area contributed by atoms with Crippen molar-refractivity contribution < 1.29 is 13.9 Å². The van der Waals surface area contributed by atoms with E-state index in [1.54, 1.807) is 19.1 Å². The van der Waals surface area contributed by atoms with E-state index in [0.29, 0.717) is 24.2 Å². The molecule has 0 radical (unpaired) electrons. The van der Waals surface area contributed by atoms with Gasteiger partial charge in [0.15, 0.2) is 5.78 Å². The normalized spacial score (nSPS) is 12.5. The molecule has 1 atom stereocenters. The minimum Gasteiger partial charge on any atom is -0.370 e. The molecule has 0 saturated heterocycles. The summed E-state index contributed by atoms with van der Waals surface area (Å²) in [6.07, 6.45) is 1.08. The number of halogens is 1. The van der Waals surface area contributed by atoms with Crippen LogP contribution in [0.2, 0.25) is 0 Å². The second-order valence-electron chi connectivity index (χ2n) is 4.06. The molecular formula is C14H19FO2. The zero-order chi connectivity index (χ0) is 12.8. The third-order valence-electron chi connectivity index (χ3n) is 2.67. The van der Waals surface area contributed by atoms with Gasteiger partial charge in [-0.05, 0) is 31.9 Å². The Kier molecular flexibility index (Phi) is 5.29. The van der Waals surface area contributed by atoms with Gasteiger partial charge in [0.25, 0.3) is 0 Å². The van der Waals surface area contributed by atoms with Crippen LogP contribution in [0.1, 0.15) is 42.6 Å². The lowest BCUT2D eigenvalue weighted by Crippen LogP contribution is -2.24. The zero-order valence-corrected chi connectivity index (χ0v) is 10.6. The molecule has 0 fully saturated rings. The fourth-order valence-electron chi connectivity index (χ4n) is 1.69. The smallest absolute Gasteiger partial charge is 0.191 e. The van der Waals surface area contributed by atoms with E-state index in [2.05, 4.69) is 0 Å². The summed E-state index contributed by atoms with van der Waals surface area (Å²) in [4.78, 5) is 12.1. The van der Waals surface area contributed by atoms with Crippen molar-refractivity contribution in [3.63, 3.8) is 0 Å². The van der Waals surface area contributed by atoms with E-state index in [9.17, 15) is 9.18 Å². The fraction of sp³-hybridized carbons (Fsp3) is 0.500. The number of rotatable bonds is 6. The Hall–Kier alpha value is -1.22. The van der Waals surface area contributed by atoms with Crippen LogP contribution >= 0.6 is 0 Å². The molecule has 3 heteroatoms. The molecule has 94 valence electrons. The molecule has 0 saturated carbocycles. The van der Waals surface area contributed by atoms with Crippen LogP contribution in [-0.2, 0) is 4.74 Å². The van der Waals surface area contributed by atoms with Gasteiger partial charge in [0.05, 0.1) is 0 Å². The van der Waals surface area contributed by atoms with Crippen molar-refractivity contribution in [2.24, 2.45) is 0 Å². The Morgan fingerprint density at radius 2 is 2.12 bits per heavy atom. The summed E-state index contributed by atoms with van der Waals surface area (Å²) in [7, 11) is 0. The fourth-order valence-corrected chi connectivity index (χ4v) is 1.69. The molecule has 0 aliphatic carbocycles. The van der Waals surface area contributed by atoms with Crippen LogP contribution in [0, 0.1) is 12.7 Å². The van der Waals surface area contributed by atoms with Crippen molar-refractivity contribution >= 4 is 5.78 Å². The van der Waals surface area contributed by atoms with E-state index in [0.717, 1.165) is 6.42 Å². The molecule has 17 heavy (non-hydrogen) atoms. The van der Waals surface area contributed by atoms with Crippen LogP contribution in [0.3, 0.4) is 0 Å². The third kappa shape index (κ3) is 3.63. The lowest BCUT2D eigenvalue weighted by atomic mass is 10.0. The molecule has 0 spiro atoms. The Bertz CT molecular complexity index is 382. The highest BCUT2D eigenvalue weighted by atomic mass is 19.1. The molecule has 0 aliphatic heterocycles. The molecule has 0 N–H and O–H groups in total. The summed E-state index contributed by atoms with van der Waals surface area (Å²) in [6, 6.07) is 4.57. The molecule has 0 heterocycles. The van der Waals surface area contributed by atoms with E-state index in [1.165, 1.54) is 6.07 Å². The minimum atomic E-state index is -0.452. The third-order valence-corrected chi connectivity index (χ3v) is 2.67. The number of hydrogen-bond acceptors (Lipinski definition) is 2. The number of hydrogen-bond donors (Lipinski definition) is 0. The van der Waals surface area contributed by atoms with Crippen molar-refractivity contribution in [3.05, 3.63) is 35.1 Å². The summed E-state index contributed by atoms with van der Waals surface area (Å²) in [5.41, 5.74) is 0.935. The SMILES string of the molecule is CCCC(OCC)C(=O)c1ccc(C)c(F)c1. The highest BCUT2D eigenvalue weighted by Crippen LogP contribution is 2.14.